The van der Waals surface area contributed by atoms with E-state index >= 15 is 0 Å². The zero-order chi connectivity index (χ0) is 17.5. The second-order valence-electron chi connectivity index (χ2n) is 9.37. The highest BCUT2D eigenvalue weighted by atomic mass is 31.1. The van der Waals surface area contributed by atoms with Crippen molar-refractivity contribution in [2.75, 3.05) is 6.61 Å². The van der Waals surface area contributed by atoms with Gasteiger partial charge >= 0.3 is 8.03 Å². The molecule has 22 heavy (non-hydrogen) atoms. The fourth-order valence-electron chi connectivity index (χ4n) is 2.94. The lowest BCUT2D eigenvalue weighted by Gasteiger charge is -2.51. The molecule has 1 aliphatic heterocycles. The molecule has 0 bridgehead atoms. The monoisotopic (exact) mass is 364 g/mol. The second-order valence-corrected chi connectivity index (χ2v) is 20.2. The van der Waals surface area contributed by atoms with Crippen LogP contribution in [0.5, 0.6) is 0 Å². The van der Waals surface area contributed by atoms with Crippen LogP contribution in [0.15, 0.2) is 0 Å². The van der Waals surface area contributed by atoms with Crippen LogP contribution in [-0.2, 0) is 13.5 Å². The zero-order valence-corrected chi connectivity index (χ0v) is 19.0. The summed E-state index contributed by atoms with van der Waals surface area (Å²) in [6.45, 7) is 22.5. The van der Waals surface area contributed by atoms with Gasteiger partial charge < -0.3 is 4.74 Å². The molecule has 0 N–H and O–H groups in total. The van der Waals surface area contributed by atoms with E-state index in [2.05, 4.69) is 71.5 Å². The fourth-order valence-corrected chi connectivity index (χ4v) is 10.0. The zero-order valence-electron chi connectivity index (χ0n) is 16.1. The molecule has 1 heterocycles. The minimum Gasteiger partial charge on any atom is -0.363 e. The van der Waals surface area contributed by atoms with Gasteiger partial charge in [0.05, 0.1) is 12.0 Å². The third kappa shape index (κ3) is 4.95. The molecule has 0 amide bonds. The van der Waals surface area contributed by atoms with Gasteiger partial charge in [-0.1, -0.05) is 47.3 Å². The number of ether oxygens (including phenoxy) is 1. The number of rotatable bonds is 5. The van der Waals surface area contributed by atoms with Crippen LogP contribution in [-0.4, -0.2) is 39.7 Å². The van der Waals surface area contributed by atoms with Crippen molar-refractivity contribution in [2.24, 2.45) is 11.3 Å². The SMILES string of the molecule is CC(C)C1OCC(C)(C)C([P+](=O)O[Si](C)(C)C)N1[Si](C)(C)C. The maximum absolute atomic E-state index is 13.1. The number of nitrogens with zero attached hydrogens (tertiary/aromatic N) is 1. The molecule has 0 aromatic heterocycles. The van der Waals surface area contributed by atoms with Crippen molar-refractivity contribution in [1.29, 1.82) is 0 Å². The molecule has 3 atom stereocenters. The molecule has 1 fully saturated rings. The van der Waals surface area contributed by atoms with Crippen molar-refractivity contribution >= 4 is 24.6 Å². The first-order chi connectivity index (χ1) is 9.67. The smallest absolute Gasteiger partial charge is 0.363 e. The largest absolute Gasteiger partial charge is 0.515 e. The van der Waals surface area contributed by atoms with Crippen molar-refractivity contribution in [2.45, 2.75) is 79.0 Å². The van der Waals surface area contributed by atoms with E-state index in [9.17, 15) is 4.57 Å². The van der Waals surface area contributed by atoms with Crippen LogP contribution in [0.3, 0.4) is 0 Å². The lowest BCUT2D eigenvalue weighted by molar-refractivity contribution is -0.144. The lowest BCUT2D eigenvalue weighted by atomic mass is 9.92. The Morgan fingerprint density at radius 2 is 1.68 bits per heavy atom. The van der Waals surface area contributed by atoms with Gasteiger partial charge in [0.1, 0.15) is 14.5 Å². The van der Waals surface area contributed by atoms with E-state index in [1.54, 1.807) is 0 Å². The average Bonchev–Trinajstić information content (AvgIpc) is 2.22. The van der Waals surface area contributed by atoms with Gasteiger partial charge in [0.15, 0.2) is 0 Å². The summed E-state index contributed by atoms with van der Waals surface area (Å²) >= 11 is 0. The van der Waals surface area contributed by atoms with Crippen molar-refractivity contribution in [3.63, 3.8) is 0 Å². The van der Waals surface area contributed by atoms with Gasteiger partial charge in [0.25, 0.3) is 8.32 Å². The summed E-state index contributed by atoms with van der Waals surface area (Å²) in [6.07, 6.45) is 0.0360. The van der Waals surface area contributed by atoms with E-state index in [0.717, 1.165) is 0 Å². The average molecular weight is 365 g/mol. The van der Waals surface area contributed by atoms with Crippen molar-refractivity contribution in [1.82, 2.24) is 4.57 Å². The Morgan fingerprint density at radius 3 is 2.05 bits per heavy atom. The summed E-state index contributed by atoms with van der Waals surface area (Å²) in [5.74, 6) is 0.308. The van der Waals surface area contributed by atoms with Crippen LogP contribution in [0.4, 0.5) is 0 Å². The molecule has 0 radical (unpaired) electrons. The summed E-state index contributed by atoms with van der Waals surface area (Å²) in [4.78, 5) is 0. The second kappa shape index (κ2) is 6.73. The summed E-state index contributed by atoms with van der Waals surface area (Å²) in [7, 11) is -5.29. The lowest BCUT2D eigenvalue weighted by Crippen LogP contribution is -2.66. The molecule has 130 valence electrons. The predicted octanol–water partition coefficient (Wildman–Crippen LogP) is 5.08. The quantitative estimate of drug-likeness (QED) is 0.503. The standard InChI is InChI=1S/C15H35NO3PSi2/c1-12(2)13-16(21(5,6)7)14(15(3,4)11-18-13)20(17)19-22(8,9)10/h12-14H,11H2,1-10H3/q+1. The molecular formula is C15H35NO3PSi2+. The van der Waals surface area contributed by atoms with Crippen LogP contribution in [0.25, 0.3) is 0 Å². The molecule has 0 aliphatic carbocycles. The molecule has 1 saturated heterocycles. The first-order valence-corrected chi connectivity index (χ1v) is 16.3. The van der Waals surface area contributed by atoms with E-state index in [0.29, 0.717) is 12.5 Å². The molecular weight excluding hydrogens is 329 g/mol. The van der Waals surface area contributed by atoms with Crippen LogP contribution in [0.1, 0.15) is 27.7 Å². The van der Waals surface area contributed by atoms with Gasteiger partial charge in [-0.05, 0) is 30.1 Å². The molecule has 3 unspecified atom stereocenters. The fraction of sp³-hybridized carbons (Fsp3) is 1.00. The Kier molecular flexibility index (Phi) is 6.26. The maximum Gasteiger partial charge on any atom is 0.515 e. The molecule has 7 heteroatoms. The van der Waals surface area contributed by atoms with Gasteiger partial charge in [-0.3, -0.25) is 4.57 Å². The number of hydrogen-bond donors (Lipinski definition) is 0. The van der Waals surface area contributed by atoms with Gasteiger partial charge in [0.2, 0.25) is 5.78 Å². The Morgan fingerprint density at radius 1 is 1.18 bits per heavy atom. The normalized spacial score (nSPS) is 28.0. The van der Waals surface area contributed by atoms with E-state index in [1.807, 2.05) is 0 Å². The van der Waals surface area contributed by atoms with E-state index in [1.165, 1.54) is 0 Å². The van der Waals surface area contributed by atoms with E-state index in [4.69, 9.17) is 8.95 Å². The minimum absolute atomic E-state index is 0.0360. The topological polar surface area (TPSA) is 38.8 Å². The van der Waals surface area contributed by atoms with Crippen molar-refractivity contribution in [3.05, 3.63) is 0 Å². The first kappa shape index (κ1) is 20.5. The minimum atomic E-state index is -1.84. The highest BCUT2D eigenvalue weighted by molar-refractivity contribution is 7.42. The highest BCUT2D eigenvalue weighted by Crippen LogP contribution is 2.50. The highest BCUT2D eigenvalue weighted by Gasteiger charge is 2.59. The summed E-state index contributed by atoms with van der Waals surface area (Å²) in [5.41, 5.74) is -0.168. The Hall–Kier alpha value is 0.414. The summed E-state index contributed by atoms with van der Waals surface area (Å²) in [6, 6.07) is 0. The van der Waals surface area contributed by atoms with Gasteiger partial charge in [-0.25, -0.2) is 4.21 Å². The number of hydrogen-bond acceptors (Lipinski definition) is 4. The Bertz CT molecular complexity index is 416. The molecule has 0 spiro atoms. The van der Waals surface area contributed by atoms with Crippen LogP contribution < -0.4 is 0 Å². The summed E-state index contributed by atoms with van der Waals surface area (Å²) in [5, 5.41) is 0. The van der Waals surface area contributed by atoms with Gasteiger partial charge in [-0.15, -0.1) is 0 Å². The van der Waals surface area contributed by atoms with Gasteiger partial charge in [0, 0.05) is 0 Å². The van der Waals surface area contributed by atoms with Gasteiger partial charge in [-0.2, -0.15) is 0 Å². The van der Waals surface area contributed by atoms with Crippen LogP contribution in [0, 0.1) is 11.3 Å². The van der Waals surface area contributed by atoms with E-state index < -0.39 is 24.6 Å². The van der Waals surface area contributed by atoms with Crippen LogP contribution in [0.2, 0.25) is 39.3 Å². The summed E-state index contributed by atoms with van der Waals surface area (Å²) < 4.78 is 27.8. The van der Waals surface area contributed by atoms with Crippen molar-refractivity contribution in [3.8, 4) is 0 Å². The molecule has 0 aromatic rings. The molecule has 1 aliphatic rings. The Labute approximate surface area is 140 Å². The Balaban J connectivity index is 3.26. The third-order valence-electron chi connectivity index (χ3n) is 3.77. The van der Waals surface area contributed by atoms with Crippen molar-refractivity contribution < 1.29 is 13.5 Å². The van der Waals surface area contributed by atoms with E-state index in [-0.39, 0.29) is 17.4 Å². The first-order valence-electron chi connectivity index (χ1n) is 8.22. The molecule has 4 nitrogen and oxygen atoms in total. The molecule has 0 saturated carbocycles. The molecule has 1 rings (SSSR count). The predicted molar refractivity (Wildman–Crippen MR) is 99.4 cm³/mol. The maximum atomic E-state index is 13.1. The third-order valence-corrected chi connectivity index (χ3v) is 10.3. The van der Waals surface area contributed by atoms with Crippen LogP contribution >= 0.6 is 8.03 Å². The molecule has 0 aromatic carbocycles.